The minimum atomic E-state index is -3.80. The van der Waals surface area contributed by atoms with Crippen LogP contribution in [0.1, 0.15) is 30.1 Å². The summed E-state index contributed by atoms with van der Waals surface area (Å²) in [7, 11) is -3.80. The van der Waals surface area contributed by atoms with Crippen molar-refractivity contribution >= 4 is 16.1 Å². The molecule has 3 N–H and O–H groups in total. The molecule has 0 aliphatic carbocycles. The molecule has 2 aromatic carbocycles. The molecule has 0 bridgehead atoms. The lowest BCUT2D eigenvalue weighted by molar-refractivity contribution is -0.0707. The molecule has 0 amide bonds. The van der Waals surface area contributed by atoms with Gasteiger partial charge in [-0.3, -0.25) is 4.98 Å². The van der Waals surface area contributed by atoms with Crippen molar-refractivity contribution in [2.24, 2.45) is 5.14 Å². The van der Waals surface area contributed by atoms with Gasteiger partial charge in [-0.25, -0.2) is 18.5 Å². The molecule has 9 nitrogen and oxygen atoms in total. The van der Waals surface area contributed by atoms with E-state index >= 15 is 0 Å². The third kappa shape index (κ3) is 6.49. The number of pyridine rings is 1. The summed E-state index contributed by atoms with van der Waals surface area (Å²) in [5, 5.41) is 16.1. The van der Waals surface area contributed by atoms with Crippen LogP contribution in [-0.4, -0.2) is 43.3 Å². The topological polar surface area (TPSA) is 138 Å². The lowest BCUT2D eigenvalue weighted by Gasteiger charge is -2.31. The Labute approximate surface area is 227 Å². The van der Waals surface area contributed by atoms with Crippen molar-refractivity contribution in [3.05, 3.63) is 96.2 Å². The SMILES string of the molecule is NS(=O)(=O)c1ccc(-c2oc(/C=C/COCc3cccc(C4(O)CCOCC4)n3)nc2-c2ccccc2)cc1. The average Bonchev–Trinajstić information content (AvgIpc) is 3.38. The summed E-state index contributed by atoms with van der Waals surface area (Å²) in [4.78, 5) is 9.27. The van der Waals surface area contributed by atoms with E-state index < -0.39 is 15.6 Å². The number of primary sulfonamides is 1. The molecule has 0 atom stereocenters. The first kappa shape index (κ1) is 26.9. The fraction of sp³-hybridized carbons (Fsp3) is 0.241. The van der Waals surface area contributed by atoms with E-state index in [0.29, 0.717) is 61.3 Å². The molecule has 3 heterocycles. The molecular weight excluding hydrogens is 518 g/mol. The van der Waals surface area contributed by atoms with E-state index in [1.807, 2.05) is 48.5 Å². The predicted octanol–water partition coefficient (Wildman–Crippen LogP) is 4.28. The molecule has 0 spiro atoms. The van der Waals surface area contributed by atoms with Crippen LogP contribution in [0.25, 0.3) is 28.7 Å². The Bertz CT molecular complexity index is 1540. The molecule has 1 aliphatic rings. The van der Waals surface area contributed by atoms with E-state index in [9.17, 15) is 13.5 Å². The number of aliphatic hydroxyl groups is 1. The lowest BCUT2D eigenvalue weighted by atomic mass is 9.90. The number of hydrogen-bond acceptors (Lipinski definition) is 8. The number of ether oxygens (including phenoxy) is 2. The molecule has 1 aliphatic heterocycles. The third-order valence-electron chi connectivity index (χ3n) is 6.46. The molecule has 202 valence electrons. The summed E-state index contributed by atoms with van der Waals surface area (Å²) in [6.07, 6.45) is 4.56. The maximum atomic E-state index is 11.6. The zero-order valence-corrected chi connectivity index (χ0v) is 22.0. The minimum Gasteiger partial charge on any atom is -0.436 e. The van der Waals surface area contributed by atoms with Crippen LogP contribution in [0, 0.1) is 0 Å². The molecule has 0 unspecified atom stereocenters. The van der Waals surface area contributed by atoms with Gasteiger partial charge in [0.15, 0.2) is 5.76 Å². The second-order valence-corrected chi connectivity index (χ2v) is 10.8. The highest BCUT2D eigenvalue weighted by atomic mass is 32.2. The maximum absolute atomic E-state index is 11.6. The minimum absolute atomic E-state index is 0.0197. The Kier molecular flexibility index (Phi) is 8.01. The van der Waals surface area contributed by atoms with Crippen LogP contribution in [0.2, 0.25) is 0 Å². The van der Waals surface area contributed by atoms with Crippen molar-refractivity contribution in [2.75, 3.05) is 19.8 Å². The monoisotopic (exact) mass is 547 g/mol. The first-order valence-electron chi connectivity index (χ1n) is 12.5. The fourth-order valence-electron chi connectivity index (χ4n) is 4.36. The van der Waals surface area contributed by atoms with E-state index in [1.54, 1.807) is 24.3 Å². The van der Waals surface area contributed by atoms with Gasteiger partial charge in [-0.1, -0.05) is 42.5 Å². The van der Waals surface area contributed by atoms with Crippen LogP contribution >= 0.6 is 0 Å². The largest absolute Gasteiger partial charge is 0.436 e. The molecule has 1 fully saturated rings. The van der Waals surface area contributed by atoms with Gasteiger partial charge in [-0.2, -0.15) is 0 Å². The summed E-state index contributed by atoms with van der Waals surface area (Å²) in [6.45, 7) is 1.61. The number of hydrogen-bond donors (Lipinski definition) is 2. The van der Waals surface area contributed by atoms with Crippen LogP contribution in [0.4, 0.5) is 0 Å². The standard InChI is InChI=1S/C29H29N3O6S/c30-39(34,35)24-13-11-22(12-14-24)28-27(21-6-2-1-3-7-21)32-26(38-28)10-5-17-37-20-23-8-4-9-25(31-23)29(33)15-18-36-19-16-29/h1-14,33H,15-20H2,(H2,30,34,35)/b10-5+. The smallest absolute Gasteiger partial charge is 0.238 e. The summed E-state index contributed by atoms with van der Waals surface area (Å²) in [5.41, 5.74) is 2.56. The first-order valence-corrected chi connectivity index (χ1v) is 14.1. The maximum Gasteiger partial charge on any atom is 0.238 e. The predicted molar refractivity (Wildman–Crippen MR) is 146 cm³/mol. The molecule has 2 aromatic heterocycles. The van der Waals surface area contributed by atoms with E-state index in [-0.39, 0.29) is 11.5 Å². The van der Waals surface area contributed by atoms with Crippen LogP contribution in [0.5, 0.6) is 0 Å². The molecule has 0 saturated carbocycles. The number of aromatic nitrogens is 2. The Morgan fingerprint density at radius 2 is 1.69 bits per heavy atom. The second kappa shape index (κ2) is 11.6. The number of rotatable bonds is 9. The highest BCUT2D eigenvalue weighted by Crippen LogP contribution is 2.34. The zero-order chi connectivity index (χ0) is 27.3. The summed E-state index contributed by atoms with van der Waals surface area (Å²) in [6, 6.07) is 21.3. The van der Waals surface area contributed by atoms with Crippen molar-refractivity contribution in [3.63, 3.8) is 0 Å². The highest BCUT2D eigenvalue weighted by Gasteiger charge is 2.33. The van der Waals surface area contributed by atoms with Gasteiger partial charge in [0.2, 0.25) is 15.9 Å². The van der Waals surface area contributed by atoms with Crippen molar-refractivity contribution in [1.82, 2.24) is 9.97 Å². The molecule has 39 heavy (non-hydrogen) atoms. The molecular formula is C29H29N3O6S. The molecule has 10 heteroatoms. The zero-order valence-electron chi connectivity index (χ0n) is 21.2. The van der Waals surface area contributed by atoms with Crippen LogP contribution in [0.15, 0.2) is 88.2 Å². The number of nitrogens with two attached hydrogens (primary N) is 1. The normalized spacial score (nSPS) is 15.5. The van der Waals surface area contributed by atoms with Crippen LogP contribution < -0.4 is 5.14 Å². The number of nitrogens with zero attached hydrogens (tertiary/aromatic N) is 2. The highest BCUT2D eigenvalue weighted by molar-refractivity contribution is 7.89. The Hall–Kier alpha value is -3.67. The van der Waals surface area contributed by atoms with E-state index in [1.165, 1.54) is 12.1 Å². The van der Waals surface area contributed by atoms with Gasteiger partial charge in [0.25, 0.3) is 0 Å². The summed E-state index contributed by atoms with van der Waals surface area (Å²) in [5.74, 6) is 0.889. The van der Waals surface area contributed by atoms with Crippen molar-refractivity contribution in [3.8, 4) is 22.6 Å². The molecule has 1 saturated heterocycles. The van der Waals surface area contributed by atoms with Crippen LogP contribution in [-0.2, 0) is 31.7 Å². The fourth-order valence-corrected chi connectivity index (χ4v) is 4.87. The van der Waals surface area contributed by atoms with E-state index in [2.05, 4.69) is 9.97 Å². The number of sulfonamides is 1. The van der Waals surface area contributed by atoms with Crippen molar-refractivity contribution in [1.29, 1.82) is 0 Å². The third-order valence-corrected chi connectivity index (χ3v) is 7.39. The molecule has 5 rings (SSSR count). The van der Waals surface area contributed by atoms with Gasteiger partial charge < -0.3 is 19.0 Å². The molecule has 0 radical (unpaired) electrons. The average molecular weight is 548 g/mol. The second-order valence-electron chi connectivity index (χ2n) is 9.24. The van der Waals surface area contributed by atoms with Gasteiger partial charge in [0, 0.05) is 37.2 Å². The van der Waals surface area contributed by atoms with Gasteiger partial charge in [-0.05, 0) is 42.5 Å². The van der Waals surface area contributed by atoms with Gasteiger partial charge >= 0.3 is 0 Å². The van der Waals surface area contributed by atoms with E-state index in [0.717, 1.165) is 11.3 Å². The lowest BCUT2D eigenvalue weighted by Crippen LogP contribution is -2.34. The van der Waals surface area contributed by atoms with Crippen molar-refractivity contribution < 1.29 is 27.4 Å². The van der Waals surface area contributed by atoms with Gasteiger partial charge in [-0.15, -0.1) is 0 Å². The van der Waals surface area contributed by atoms with Gasteiger partial charge in [0.1, 0.15) is 11.3 Å². The number of benzene rings is 2. The Morgan fingerprint density at radius 1 is 0.949 bits per heavy atom. The molecule has 4 aromatic rings. The Morgan fingerprint density at radius 3 is 2.41 bits per heavy atom. The quantitative estimate of drug-likeness (QED) is 0.296. The van der Waals surface area contributed by atoms with Gasteiger partial charge in [0.05, 0.1) is 29.5 Å². The van der Waals surface area contributed by atoms with E-state index in [4.69, 9.17) is 19.0 Å². The summed E-state index contributed by atoms with van der Waals surface area (Å²) >= 11 is 0. The summed E-state index contributed by atoms with van der Waals surface area (Å²) < 4.78 is 40.5. The number of oxazole rings is 1. The van der Waals surface area contributed by atoms with Crippen molar-refractivity contribution in [2.45, 2.75) is 29.9 Å². The van der Waals surface area contributed by atoms with Crippen LogP contribution in [0.3, 0.4) is 0 Å². The Balaban J connectivity index is 1.28. The first-order chi connectivity index (χ1) is 18.8.